The van der Waals surface area contributed by atoms with Gasteiger partial charge in [-0.25, -0.2) is 20.8 Å². The summed E-state index contributed by atoms with van der Waals surface area (Å²) in [6.45, 7) is 8.58. The smallest absolute Gasteiger partial charge is 0.205 e. The molecule has 25 heteroatoms. The standard InChI is InChI=1S/C27H32F2N4O6.C24H25ClF2N4O6/c1-15-14-16(30-6-12-32(38)8-2-3-9-32)17-18(23(15)31-7-13-33(39)10-4-5-11-33)25(35)20-19(24(17)34)26(36)21(28)22(29)27(20)37;25-12-11-13(28-3-9-30(36)5-1-6-30)14-15(20(12)29-4-10-31(37)7-2-8-31)22(33)17-16(21(14)32)23(34)18(26)19(27)24(17)35/h14,38-39H,2-13H2,1H3,(H2-2,30,31,34,35,36,37);11,36-37H,1-10H2,(H2-2,28,29,32,33,34,35)/p+4. The van der Waals surface area contributed by atoms with Crippen molar-refractivity contribution in [3.63, 3.8) is 0 Å². The van der Waals surface area contributed by atoms with E-state index in [0.29, 0.717) is 77.6 Å². The first kappa shape index (κ1) is 54.4. The second kappa shape index (κ2) is 20.5. The zero-order chi connectivity index (χ0) is 54.8. The molecule has 6 aliphatic rings. The van der Waals surface area contributed by atoms with Crippen molar-refractivity contribution >= 4 is 57.5 Å². The lowest BCUT2D eigenvalue weighted by Gasteiger charge is -2.37. The lowest BCUT2D eigenvalue weighted by atomic mass is 9.80. The molecule has 4 saturated heterocycles. The molecule has 408 valence electrons. The van der Waals surface area contributed by atoms with Crippen LogP contribution in [0.15, 0.2) is 12.1 Å². The van der Waals surface area contributed by atoms with Gasteiger partial charge in [-0.2, -0.15) is 36.1 Å². The summed E-state index contributed by atoms with van der Waals surface area (Å²) in [4.78, 5) is 54.6. The number of fused-ring (bicyclic) bond motifs is 4. The van der Waals surface area contributed by atoms with Gasteiger partial charge in [-0.3, -0.25) is 19.2 Å². The van der Waals surface area contributed by atoms with Crippen LogP contribution in [0.3, 0.4) is 0 Å². The number of phenolic OH excluding ortho intramolecular Hbond substituents is 4. The van der Waals surface area contributed by atoms with E-state index >= 15 is 0 Å². The molecule has 76 heavy (non-hydrogen) atoms. The normalized spacial score (nSPS) is 19.1. The Morgan fingerprint density at radius 3 is 1.03 bits per heavy atom. The maximum atomic E-state index is 14.4. The van der Waals surface area contributed by atoms with E-state index in [2.05, 4.69) is 21.3 Å². The molecule has 2 aliphatic carbocycles. The number of nitrogens with zero attached hydrogens (tertiary/aromatic N) is 4. The first-order valence-corrected chi connectivity index (χ1v) is 25.7. The number of hydrogen-bond acceptors (Lipinski definition) is 16. The molecule has 4 fully saturated rings. The van der Waals surface area contributed by atoms with Gasteiger partial charge in [0.25, 0.3) is 0 Å². The maximum Gasteiger partial charge on any atom is 0.205 e. The SMILES string of the molecule is Cc1cc(NCC[N+]2(O)CCCC2)c2c(c1NCC[N+]1(O)CCCC1)C(=O)c1c(O)c(F)c(F)c(O)c1C2=O.O=C1c2c(NCC[N+]3(O)CCC3)cc(Cl)c(NCC[N+]3(O)CCC3)c2C(=O)c2c(O)c(F)c(F)c(O)c21. The average Bonchev–Trinajstić information content (AvgIpc) is 4.02. The first-order valence-electron chi connectivity index (χ1n) is 25.3. The van der Waals surface area contributed by atoms with Crippen LogP contribution in [0.4, 0.5) is 40.3 Å². The Hall–Kier alpha value is -6.35. The summed E-state index contributed by atoms with van der Waals surface area (Å²) in [5.74, 6) is -16.7. The van der Waals surface area contributed by atoms with Gasteiger partial charge in [0.1, 0.15) is 78.5 Å². The highest BCUT2D eigenvalue weighted by Gasteiger charge is 2.45. The number of halogens is 5. The monoisotopic (exact) mass is 1090 g/mol. The van der Waals surface area contributed by atoms with E-state index in [4.69, 9.17) is 11.6 Å². The van der Waals surface area contributed by atoms with Crippen molar-refractivity contribution in [2.24, 2.45) is 0 Å². The number of hydroxylamine groups is 12. The molecule has 20 nitrogen and oxygen atoms in total. The molecule has 4 aliphatic heterocycles. The summed E-state index contributed by atoms with van der Waals surface area (Å²) in [5, 5.41) is 95.4. The zero-order valence-electron chi connectivity index (χ0n) is 41.6. The number of rotatable bonds is 16. The number of aromatic hydroxyl groups is 4. The Labute approximate surface area is 437 Å². The predicted molar refractivity (Wildman–Crippen MR) is 264 cm³/mol. The number of carbonyl (C=O) groups is 4. The minimum absolute atomic E-state index is 0.0235. The molecule has 0 unspecified atom stereocenters. The lowest BCUT2D eigenvalue weighted by Crippen LogP contribution is -2.57. The van der Waals surface area contributed by atoms with Crippen LogP contribution in [-0.2, 0) is 0 Å². The van der Waals surface area contributed by atoms with Gasteiger partial charge in [0.2, 0.25) is 46.4 Å². The number of ketones is 4. The van der Waals surface area contributed by atoms with Gasteiger partial charge in [-0.05, 0) is 24.6 Å². The van der Waals surface area contributed by atoms with E-state index in [0.717, 1.165) is 38.5 Å². The van der Waals surface area contributed by atoms with Gasteiger partial charge in [0.15, 0.2) is 23.0 Å². The first-order chi connectivity index (χ1) is 35.9. The van der Waals surface area contributed by atoms with E-state index in [1.165, 1.54) is 6.07 Å². The van der Waals surface area contributed by atoms with Crippen molar-refractivity contribution in [1.29, 1.82) is 0 Å². The fourth-order valence-electron chi connectivity index (χ4n) is 11.1. The molecule has 4 aromatic carbocycles. The molecule has 0 bridgehead atoms. The number of carbonyl (C=O) groups excluding carboxylic acids is 4. The quantitative estimate of drug-likeness (QED) is 0.0295. The van der Waals surface area contributed by atoms with E-state index in [1.54, 1.807) is 13.0 Å². The van der Waals surface area contributed by atoms with E-state index in [9.17, 15) is 78.0 Å². The minimum atomic E-state index is -1.85. The van der Waals surface area contributed by atoms with Gasteiger partial charge >= 0.3 is 0 Å². The number of anilines is 4. The summed E-state index contributed by atoms with van der Waals surface area (Å²) >= 11 is 6.51. The van der Waals surface area contributed by atoms with Crippen LogP contribution in [0.1, 0.15) is 108 Å². The van der Waals surface area contributed by atoms with E-state index in [1.807, 2.05) is 0 Å². The van der Waals surface area contributed by atoms with Gasteiger partial charge in [0, 0.05) is 42.7 Å². The van der Waals surface area contributed by atoms with Gasteiger partial charge in [0.05, 0.1) is 94.2 Å². The lowest BCUT2D eigenvalue weighted by molar-refractivity contribution is -1.13. The number of hydrogen-bond donors (Lipinski definition) is 12. The molecule has 4 aromatic rings. The highest BCUT2D eigenvalue weighted by atomic mass is 35.5. The summed E-state index contributed by atoms with van der Waals surface area (Å²) in [5.41, 5.74) is -2.95. The van der Waals surface area contributed by atoms with Crippen molar-refractivity contribution in [2.75, 3.05) is 126 Å². The van der Waals surface area contributed by atoms with Gasteiger partial charge < -0.3 is 41.7 Å². The van der Waals surface area contributed by atoms with Crippen molar-refractivity contribution < 1.29 is 96.6 Å². The fourth-order valence-corrected chi connectivity index (χ4v) is 11.4. The molecule has 0 radical (unpaired) electrons. The largest absolute Gasteiger partial charge is 0.504 e. The van der Waals surface area contributed by atoms with Crippen molar-refractivity contribution in [2.45, 2.75) is 45.4 Å². The van der Waals surface area contributed by atoms with Crippen molar-refractivity contribution in [3.05, 3.63) is 90.5 Å². The second-order valence-electron chi connectivity index (χ2n) is 20.8. The molecular formula is C51H61ClF4N8O12+4. The summed E-state index contributed by atoms with van der Waals surface area (Å²) < 4.78 is 56.6. The van der Waals surface area contributed by atoms with Gasteiger partial charge in [-0.1, -0.05) is 11.6 Å². The van der Waals surface area contributed by atoms with Crippen LogP contribution in [0, 0.1) is 30.2 Å². The highest BCUT2D eigenvalue weighted by molar-refractivity contribution is 6.39. The molecule has 0 atom stereocenters. The molecule has 0 aromatic heterocycles. The number of likely N-dealkylation sites (tertiary alicyclic amines) is 4. The summed E-state index contributed by atoms with van der Waals surface area (Å²) in [7, 11) is 0. The zero-order valence-corrected chi connectivity index (χ0v) is 42.4. The fraction of sp³-hybridized carbons (Fsp3) is 0.451. The average molecular weight is 1090 g/mol. The van der Waals surface area contributed by atoms with E-state index < -0.39 is 91.7 Å². The Morgan fingerprint density at radius 2 is 0.697 bits per heavy atom. The number of aryl methyl sites for hydroxylation is 1. The molecular weight excluding hydrogens is 1030 g/mol. The van der Waals surface area contributed by atoms with Crippen LogP contribution in [0.2, 0.25) is 5.02 Å². The van der Waals surface area contributed by atoms with Crippen LogP contribution in [0.25, 0.3) is 0 Å². The third-order valence-electron chi connectivity index (χ3n) is 15.7. The maximum absolute atomic E-state index is 14.4. The highest BCUT2D eigenvalue weighted by Crippen LogP contribution is 2.48. The van der Waals surface area contributed by atoms with Crippen molar-refractivity contribution in [1.82, 2.24) is 0 Å². The number of benzene rings is 4. The van der Waals surface area contributed by atoms with Crippen LogP contribution < -0.4 is 21.3 Å². The number of nitrogens with one attached hydrogen (secondary N) is 4. The summed E-state index contributed by atoms with van der Waals surface area (Å²) in [6, 6.07) is 3.03. The van der Waals surface area contributed by atoms with Gasteiger partial charge in [-0.15, -0.1) is 0 Å². The van der Waals surface area contributed by atoms with Crippen molar-refractivity contribution in [3.8, 4) is 23.0 Å². The van der Waals surface area contributed by atoms with Crippen LogP contribution >= 0.6 is 11.6 Å². The molecule has 0 saturated carbocycles. The molecule has 12 N–H and O–H groups in total. The molecule has 0 spiro atoms. The molecule has 0 amide bonds. The molecule has 4 heterocycles. The second-order valence-corrected chi connectivity index (χ2v) is 21.2. The topological polar surface area (TPSA) is 278 Å². The predicted octanol–water partition coefficient (Wildman–Crippen LogP) is 6.13. The van der Waals surface area contributed by atoms with E-state index in [-0.39, 0.29) is 101 Å². The third-order valence-corrected chi connectivity index (χ3v) is 16.0. The Morgan fingerprint density at radius 1 is 0.421 bits per heavy atom. The minimum Gasteiger partial charge on any atom is -0.504 e. The Kier molecular flexibility index (Phi) is 14.7. The number of quaternary nitrogens is 4. The third kappa shape index (κ3) is 9.74. The number of phenols is 4. The Bertz CT molecular complexity index is 3090. The summed E-state index contributed by atoms with van der Waals surface area (Å²) in [6.07, 6.45) is 5.33. The molecule has 10 rings (SSSR count). The Balaban J connectivity index is 0.000000186. The van der Waals surface area contributed by atoms with Crippen LogP contribution in [-0.4, -0.2) is 188 Å². The van der Waals surface area contributed by atoms with Crippen LogP contribution in [0.5, 0.6) is 23.0 Å².